The molecule has 0 radical (unpaired) electrons. The van der Waals surface area contributed by atoms with Gasteiger partial charge in [0.2, 0.25) is 0 Å². The molecule has 1 heterocycles. The van der Waals surface area contributed by atoms with Crippen LogP contribution in [0.5, 0.6) is 0 Å². The standard InChI is InChI=1S/C15H27F2NO2/c1-13(2,3)9-11-10-18(8-7-15(11,16)17)12(19)20-14(4,5)6/h11H,7-10H2,1-6H3. The molecule has 0 aromatic rings. The molecular weight excluding hydrogens is 264 g/mol. The lowest BCUT2D eigenvalue weighted by atomic mass is 9.79. The van der Waals surface area contributed by atoms with Crippen molar-refractivity contribution in [2.75, 3.05) is 13.1 Å². The van der Waals surface area contributed by atoms with Crippen LogP contribution in [0.4, 0.5) is 13.6 Å². The Kier molecular flexibility index (Phi) is 4.72. The van der Waals surface area contributed by atoms with Crippen molar-refractivity contribution in [1.82, 2.24) is 4.90 Å². The molecule has 1 unspecified atom stereocenters. The van der Waals surface area contributed by atoms with Crippen molar-refractivity contribution >= 4 is 6.09 Å². The van der Waals surface area contributed by atoms with Crippen LogP contribution in [0.2, 0.25) is 0 Å². The van der Waals surface area contributed by atoms with E-state index in [2.05, 4.69) is 0 Å². The average molecular weight is 291 g/mol. The highest BCUT2D eigenvalue weighted by Crippen LogP contribution is 2.40. The summed E-state index contributed by atoms with van der Waals surface area (Å²) in [6.45, 7) is 11.3. The number of alkyl halides is 2. The Labute approximate surface area is 120 Å². The fraction of sp³-hybridized carbons (Fsp3) is 0.933. The highest BCUT2D eigenvalue weighted by molar-refractivity contribution is 5.68. The summed E-state index contributed by atoms with van der Waals surface area (Å²) in [7, 11) is 0. The number of nitrogens with zero attached hydrogens (tertiary/aromatic N) is 1. The van der Waals surface area contributed by atoms with Gasteiger partial charge in [0, 0.05) is 25.4 Å². The average Bonchev–Trinajstić information content (AvgIpc) is 2.16. The maximum absolute atomic E-state index is 14.0. The molecule has 20 heavy (non-hydrogen) atoms. The van der Waals surface area contributed by atoms with Crippen molar-refractivity contribution in [2.24, 2.45) is 11.3 Å². The number of rotatable bonds is 1. The second-order valence-electron chi connectivity index (χ2n) is 7.90. The summed E-state index contributed by atoms with van der Waals surface area (Å²) < 4.78 is 33.3. The number of halogens is 2. The van der Waals surface area contributed by atoms with E-state index in [1.165, 1.54) is 4.90 Å². The third-order valence-corrected chi connectivity index (χ3v) is 3.26. The zero-order valence-corrected chi connectivity index (χ0v) is 13.4. The SMILES string of the molecule is CC(C)(C)CC1CN(C(=O)OC(C)(C)C)CCC1(F)F. The first-order valence-corrected chi connectivity index (χ1v) is 7.16. The second kappa shape index (κ2) is 5.49. The minimum atomic E-state index is -2.70. The number of carbonyl (C=O) groups excluding carboxylic acids is 1. The summed E-state index contributed by atoms with van der Waals surface area (Å²) in [5, 5.41) is 0. The minimum Gasteiger partial charge on any atom is -0.444 e. The van der Waals surface area contributed by atoms with E-state index in [9.17, 15) is 13.6 Å². The van der Waals surface area contributed by atoms with Crippen LogP contribution in [0.15, 0.2) is 0 Å². The van der Waals surface area contributed by atoms with Gasteiger partial charge in [0.15, 0.2) is 0 Å². The van der Waals surface area contributed by atoms with Crippen LogP contribution in [0, 0.1) is 11.3 Å². The van der Waals surface area contributed by atoms with Crippen LogP contribution in [-0.4, -0.2) is 35.6 Å². The Morgan fingerprint density at radius 2 is 1.80 bits per heavy atom. The smallest absolute Gasteiger partial charge is 0.410 e. The van der Waals surface area contributed by atoms with E-state index in [4.69, 9.17) is 4.74 Å². The van der Waals surface area contributed by atoms with Crippen LogP contribution in [0.1, 0.15) is 54.4 Å². The number of amides is 1. The van der Waals surface area contributed by atoms with Crippen molar-refractivity contribution in [1.29, 1.82) is 0 Å². The van der Waals surface area contributed by atoms with Crippen LogP contribution in [0.25, 0.3) is 0 Å². The number of piperidine rings is 1. The van der Waals surface area contributed by atoms with Gasteiger partial charge in [0.1, 0.15) is 5.60 Å². The lowest BCUT2D eigenvalue weighted by Gasteiger charge is -2.41. The molecule has 1 aliphatic rings. The van der Waals surface area contributed by atoms with Crippen molar-refractivity contribution in [3.05, 3.63) is 0 Å². The molecule has 1 rings (SSSR count). The molecule has 1 atom stereocenters. The molecule has 1 saturated heterocycles. The normalized spacial score (nSPS) is 23.6. The van der Waals surface area contributed by atoms with Crippen LogP contribution in [-0.2, 0) is 4.74 Å². The number of ether oxygens (including phenoxy) is 1. The summed E-state index contributed by atoms with van der Waals surface area (Å²) in [6, 6.07) is 0. The number of hydrogen-bond donors (Lipinski definition) is 0. The van der Waals surface area contributed by atoms with Gasteiger partial charge in [-0.2, -0.15) is 0 Å². The van der Waals surface area contributed by atoms with Gasteiger partial charge in [0.05, 0.1) is 0 Å². The first-order valence-electron chi connectivity index (χ1n) is 7.16. The Hall–Kier alpha value is -0.870. The minimum absolute atomic E-state index is 0.0581. The quantitative estimate of drug-likeness (QED) is 0.720. The van der Waals surface area contributed by atoms with Crippen molar-refractivity contribution < 1.29 is 18.3 Å². The van der Waals surface area contributed by atoms with Gasteiger partial charge in [-0.15, -0.1) is 0 Å². The first kappa shape index (κ1) is 17.2. The Morgan fingerprint density at radius 3 is 2.25 bits per heavy atom. The molecule has 0 aromatic carbocycles. The summed E-state index contributed by atoms with van der Waals surface area (Å²) in [4.78, 5) is 13.4. The van der Waals surface area contributed by atoms with Gasteiger partial charge in [-0.05, 0) is 32.6 Å². The molecular formula is C15H27F2NO2. The second-order valence-corrected chi connectivity index (χ2v) is 7.90. The van der Waals surface area contributed by atoms with E-state index in [0.29, 0.717) is 6.42 Å². The van der Waals surface area contributed by atoms with Crippen LogP contribution in [0.3, 0.4) is 0 Å². The highest BCUT2D eigenvalue weighted by Gasteiger charge is 2.46. The van der Waals surface area contributed by atoms with Gasteiger partial charge >= 0.3 is 6.09 Å². The number of hydrogen-bond acceptors (Lipinski definition) is 2. The topological polar surface area (TPSA) is 29.5 Å². The van der Waals surface area contributed by atoms with Gasteiger partial charge in [-0.25, -0.2) is 13.6 Å². The molecule has 0 N–H and O–H groups in total. The fourth-order valence-electron chi connectivity index (χ4n) is 2.42. The zero-order valence-electron chi connectivity index (χ0n) is 13.4. The summed E-state index contributed by atoms with van der Waals surface area (Å²) in [6.07, 6.45) is -0.390. The summed E-state index contributed by atoms with van der Waals surface area (Å²) in [5.41, 5.74) is -0.790. The molecule has 3 nitrogen and oxygen atoms in total. The predicted octanol–water partition coefficient (Wildman–Crippen LogP) is 4.31. The Bertz CT molecular complexity index is 356. The van der Waals surface area contributed by atoms with Crippen molar-refractivity contribution in [3.63, 3.8) is 0 Å². The molecule has 118 valence electrons. The lowest BCUT2D eigenvalue weighted by molar-refractivity contribution is -0.115. The van der Waals surface area contributed by atoms with Gasteiger partial charge in [0.25, 0.3) is 5.92 Å². The Balaban J connectivity index is 2.73. The maximum Gasteiger partial charge on any atom is 0.410 e. The van der Waals surface area contributed by atoms with Crippen LogP contribution < -0.4 is 0 Å². The predicted molar refractivity (Wildman–Crippen MR) is 74.9 cm³/mol. The third kappa shape index (κ3) is 5.25. The van der Waals surface area contributed by atoms with E-state index in [-0.39, 0.29) is 24.9 Å². The fourth-order valence-corrected chi connectivity index (χ4v) is 2.42. The number of carbonyl (C=O) groups is 1. The van der Waals surface area contributed by atoms with Crippen molar-refractivity contribution in [3.8, 4) is 0 Å². The first-order chi connectivity index (χ1) is 8.80. The largest absolute Gasteiger partial charge is 0.444 e. The third-order valence-electron chi connectivity index (χ3n) is 3.26. The van der Waals surface area contributed by atoms with E-state index < -0.39 is 23.5 Å². The lowest BCUT2D eigenvalue weighted by Crippen LogP contribution is -2.51. The van der Waals surface area contributed by atoms with Gasteiger partial charge in [-0.3, -0.25) is 0 Å². The molecule has 1 fully saturated rings. The monoisotopic (exact) mass is 291 g/mol. The number of likely N-dealkylation sites (tertiary alicyclic amines) is 1. The van der Waals surface area contributed by atoms with E-state index >= 15 is 0 Å². The van der Waals surface area contributed by atoms with E-state index in [1.54, 1.807) is 20.8 Å². The van der Waals surface area contributed by atoms with Gasteiger partial charge < -0.3 is 9.64 Å². The van der Waals surface area contributed by atoms with Crippen molar-refractivity contribution in [2.45, 2.75) is 65.9 Å². The maximum atomic E-state index is 14.0. The molecule has 0 saturated carbocycles. The molecule has 0 aliphatic carbocycles. The van der Waals surface area contributed by atoms with Gasteiger partial charge in [-0.1, -0.05) is 20.8 Å². The molecule has 0 aromatic heterocycles. The molecule has 1 amide bonds. The molecule has 0 bridgehead atoms. The molecule has 0 spiro atoms. The van der Waals surface area contributed by atoms with E-state index in [1.807, 2.05) is 20.8 Å². The summed E-state index contributed by atoms with van der Waals surface area (Å²) in [5.74, 6) is -3.50. The summed E-state index contributed by atoms with van der Waals surface area (Å²) >= 11 is 0. The zero-order chi connectivity index (χ0) is 15.8. The highest BCUT2D eigenvalue weighted by atomic mass is 19.3. The van der Waals surface area contributed by atoms with Crippen LogP contribution >= 0.6 is 0 Å². The van der Waals surface area contributed by atoms with E-state index in [0.717, 1.165) is 0 Å². The molecule has 5 heteroatoms. The Morgan fingerprint density at radius 1 is 1.25 bits per heavy atom. The molecule has 1 aliphatic heterocycles.